The molecule has 0 spiro atoms. The average molecular weight is 362 g/mol. The van der Waals surface area contributed by atoms with Crippen LogP contribution in [-0.4, -0.2) is 29.1 Å². The van der Waals surface area contributed by atoms with E-state index in [9.17, 15) is 9.90 Å². The number of pyridine rings is 1. The van der Waals surface area contributed by atoms with Gasteiger partial charge in [-0.15, -0.1) is 0 Å². The summed E-state index contributed by atoms with van der Waals surface area (Å²) in [6.45, 7) is 2.32. The molecule has 0 aliphatic carbocycles. The van der Waals surface area contributed by atoms with Crippen molar-refractivity contribution in [3.05, 3.63) is 65.9 Å². The number of ether oxygens (including phenoxy) is 1. The first-order chi connectivity index (χ1) is 13.2. The number of carboxylic acid groups (broad SMARTS) is 1. The monoisotopic (exact) mass is 362 g/mol. The second-order valence-corrected chi connectivity index (χ2v) is 6.81. The quantitative estimate of drug-likeness (QED) is 0.724. The van der Waals surface area contributed by atoms with Crippen LogP contribution in [0.4, 0.5) is 5.69 Å². The van der Waals surface area contributed by atoms with Crippen molar-refractivity contribution in [3.8, 4) is 5.75 Å². The van der Waals surface area contributed by atoms with Crippen LogP contribution in [0.15, 0.2) is 54.6 Å². The first-order valence-corrected chi connectivity index (χ1v) is 9.31. The van der Waals surface area contributed by atoms with Crippen LogP contribution in [0.3, 0.4) is 0 Å². The van der Waals surface area contributed by atoms with Crippen molar-refractivity contribution in [1.82, 2.24) is 4.98 Å². The Hall–Kier alpha value is -3.08. The normalized spacial score (nSPS) is 14.3. The van der Waals surface area contributed by atoms with Gasteiger partial charge in [0, 0.05) is 24.5 Å². The summed E-state index contributed by atoms with van der Waals surface area (Å²) in [6, 6.07) is 17.3. The summed E-state index contributed by atoms with van der Waals surface area (Å²) in [4.78, 5) is 18.4. The standard InChI is InChI=1S/C22H22N2O3/c25-22(26)18-14-20(27-15-16-8-3-1-4-9-16)17-10-7-11-19(21(17)23-18)24-12-5-2-6-13-24/h1,3-4,7-11,14H,2,5-6,12-13,15H2,(H,25,26). The molecule has 0 radical (unpaired) electrons. The molecule has 4 rings (SSSR count). The third-order valence-corrected chi connectivity index (χ3v) is 4.93. The van der Waals surface area contributed by atoms with E-state index in [4.69, 9.17) is 4.74 Å². The molecule has 5 heteroatoms. The highest BCUT2D eigenvalue weighted by atomic mass is 16.5. The predicted octanol–water partition coefficient (Wildman–Crippen LogP) is 4.50. The molecule has 2 aromatic carbocycles. The maximum absolute atomic E-state index is 11.6. The van der Waals surface area contributed by atoms with E-state index < -0.39 is 5.97 Å². The van der Waals surface area contributed by atoms with E-state index in [1.165, 1.54) is 12.5 Å². The van der Waals surface area contributed by atoms with E-state index in [2.05, 4.69) is 9.88 Å². The van der Waals surface area contributed by atoms with Crippen LogP contribution < -0.4 is 9.64 Å². The zero-order valence-corrected chi connectivity index (χ0v) is 15.1. The number of fused-ring (bicyclic) bond motifs is 1. The predicted molar refractivity (Wildman–Crippen MR) is 106 cm³/mol. The first-order valence-electron chi connectivity index (χ1n) is 9.31. The van der Waals surface area contributed by atoms with Crippen molar-refractivity contribution in [2.45, 2.75) is 25.9 Å². The summed E-state index contributed by atoms with van der Waals surface area (Å²) in [5.74, 6) is -0.491. The number of piperidine rings is 1. The van der Waals surface area contributed by atoms with Crippen LogP contribution in [0.1, 0.15) is 35.3 Å². The summed E-state index contributed by atoms with van der Waals surface area (Å²) >= 11 is 0. The van der Waals surface area contributed by atoms with Gasteiger partial charge in [-0.05, 0) is 37.0 Å². The number of aromatic nitrogens is 1. The molecule has 1 aliphatic rings. The number of carbonyl (C=O) groups is 1. The first kappa shape index (κ1) is 17.3. The van der Waals surface area contributed by atoms with Crippen LogP contribution in [0.25, 0.3) is 10.9 Å². The average Bonchev–Trinajstić information content (AvgIpc) is 2.72. The van der Waals surface area contributed by atoms with Gasteiger partial charge < -0.3 is 14.7 Å². The summed E-state index contributed by atoms with van der Waals surface area (Å²) in [7, 11) is 0. The van der Waals surface area contributed by atoms with Crippen LogP contribution in [-0.2, 0) is 6.61 Å². The molecule has 1 aliphatic heterocycles. The van der Waals surface area contributed by atoms with Gasteiger partial charge in [0.25, 0.3) is 0 Å². The number of para-hydroxylation sites is 1. The fourth-order valence-electron chi connectivity index (χ4n) is 3.56. The van der Waals surface area contributed by atoms with E-state index in [-0.39, 0.29) is 5.69 Å². The molecule has 1 N–H and O–H groups in total. The number of aromatic carboxylic acids is 1. The molecule has 0 unspecified atom stereocenters. The van der Waals surface area contributed by atoms with Gasteiger partial charge in [0.1, 0.15) is 12.4 Å². The molecule has 3 aromatic rings. The van der Waals surface area contributed by atoms with E-state index in [0.29, 0.717) is 17.9 Å². The number of carboxylic acids is 1. The second-order valence-electron chi connectivity index (χ2n) is 6.81. The minimum atomic E-state index is -1.05. The summed E-state index contributed by atoms with van der Waals surface area (Å²) in [5.41, 5.74) is 2.73. The minimum absolute atomic E-state index is 0.00928. The van der Waals surface area contributed by atoms with E-state index >= 15 is 0 Å². The fraction of sp³-hybridized carbons (Fsp3) is 0.273. The number of nitrogens with zero attached hydrogens (tertiary/aromatic N) is 2. The topological polar surface area (TPSA) is 62.7 Å². The van der Waals surface area contributed by atoms with Gasteiger partial charge in [0.2, 0.25) is 0 Å². The van der Waals surface area contributed by atoms with Gasteiger partial charge >= 0.3 is 5.97 Å². The summed E-state index contributed by atoms with van der Waals surface area (Å²) < 4.78 is 6.02. The van der Waals surface area contributed by atoms with Gasteiger partial charge in [-0.1, -0.05) is 36.4 Å². The lowest BCUT2D eigenvalue weighted by Gasteiger charge is -2.29. The molecular weight excluding hydrogens is 340 g/mol. The second kappa shape index (κ2) is 7.66. The summed E-state index contributed by atoms with van der Waals surface area (Å²) in [6.07, 6.45) is 3.53. The molecule has 0 atom stereocenters. The highest BCUT2D eigenvalue weighted by molar-refractivity contribution is 5.98. The molecule has 0 amide bonds. The largest absolute Gasteiger partial charge is 0.488 e. The summed E-state index contributed by atoms with van der Waals surface area (Å²) in [5, 5.41) is 10.4. The zero-order valence-electron chi connectivity index (χ0n) is 15.1. The highest BCUT2D eigenvalue weighted by Crippen LogP contribution is 2.34. The molecule has 5 nitrogen and oxygen atoms in total. The van der Waals surface area contributed by atoms with Crippen LogP contribution in [0.2, 0.25) is 0 Å². The van der Waals surface area contributed by atoms with Crippen molar-refractivity contribution in [3.63, 3.8) is 0 Å². The Balaban J connectivity index is 1.76. The zero-order chi connectivity index (χ0) is 18.6. The number of hydrogen-bond acceptors (Lipinski definition) is 4. The van der Waals surface area contributed by atoms with Crippen molar-refractivity contribution < 1.29 is 14.6 Å². The molecule has 1 aromatic heterocycles. The van der Waals surface area contributed by atoms with Gasteiger partial charge in [0.05, 0.1) is 11.2 Å². The van der Waals surface area contributed by atoms with Crippen molar-refractivity contribution in [1.29, 1.82) is 0 Å². The third kappa shape index (κ3) is 3.72. The Morgan fingerprint density at radius 3 is 2.56 bits per heavy atom. The Morgan fingerprint density at radius 1 is 1.04 bits per heavy atom. The van der Waals surface area contributed by atoms with Crippen molar-refractivity contribution in [2.75, 3.05) is 18.0 Å². The fourth-order valence-corrected chi connectivity index (χ4v) is 3.56. The number of rotatable bonds is 5. The molecule has 0 saturated carbocycles. The lowest BCUT2D eigenvalue weighted by atomic mass is 10.1. The molecule has 2 heterocycles. The molecule has 27 heavy (non-hydrogen) atoms. The molecule has 138 valence electrons. The van der Waals surface area contributed by atoms with Gasteiger partial charge in [-0.2, -0.15) is 0 Å². The number of benzene rings is 2. The van der Waals surface area contributed by atoms with Crippen molar-refractivity contribution in [2.24, 2.45) is 0 Å². The minimum Gasteiger partial charge on any atom is -0.488 e. The SMILES string of the molecule is O=C(O)c1cc(OCc2ccccc2)c2cccc(N3CCCCC3)c2n1. The highest BCUT2D eigenvalue weighted by Gasteiger charge is 2.19. The maximum atomic E-state index is 11.6. The number of hydrogen-bond donors (Lipinski definition) is 1. The third-order valence-electron chi connectivity index (χ3n) is 4.93. The van der Waals surface area contributed by atoms with Crippen LogP contribution in [0, 0.1) is 0 Å². The number of anilines is 1. The molecule has 1 fully saturated rings. The Morgan fingerprint density at radius 2 is 1.81 bits per heavy atom. The lowest BCUT2D eigenvalue weighted by Crippen LogP contribution is -2.29. The van der Waals surface area contributed by atoms with Crippen LogP contribution in [0.5, 0.6) is 5.75 Å². The van der Waals surface area contributed by atoms with E-state index in [0.717, 1.165) is 42.6 Å². The molecular formula is C22H22N2O3. The van der Waals surface area contributed by atoms with Gasteiger partial charge in [-0.3, -0.25) is 0 Å². The van der Waals surface area contributed by atoms with Gasteiger partial charge in [0.15, 0.2) is 5.69 Å². The van der Waals surface area contributed by atoms with E-state index in [1.54, 1.807) is 0 Å². The molecule has 0 bridgehead atoms. The van der Waals surface area contributed by atoms with Crippen molar-refractivity contribution >= 4 is 22.6 Å². The lowest BCUT2D eigenvalue weighted by molar-refractivity contribution is 0.0690. The van der Waals surface area contributed by atoms with E-state index in [1.807, 2.05) is 48.5 Å². The Labute approximate surface area is 158 Å². The Kier molecular flexibility index (Phi) is 4.92. The molecule has 1 saturated heterocycles. The van der Waals surface area contributed by atoms with Crippen LogP contribution >= 0.6 is 0 Å². The van der Waals surface area contributed by atoms with Gasteiger partial charge in [-0.25, -0.2) is 9.78 Å². The smallest absolute Gasteiger partial charge is 0.354 e. The Bertz CT molecular complexity index is 950. The maximum Gasteiger partial charge on any atom is 0.354 e.